The van der Waals surface area contributed by atoms with Gasteiger partial charge in [0.25, 0.3) is 0 Å². The van der Waals surface area contributed by atoms with Crippen LogP contribution in [0, 0.1) is 0 Å². The monoisotopic (exact) mass is 316 g/mol. The van der Waals surface area contributed by atoms with E-state index in [9.17, 15) is 0 Å². The molecule has 0 atom stereocenters. The molecule has 118 valence electrons. The summed E-state index contributed by atoms with van der Waals surface area (Å²) in [6.45, 7) is 2.49. The third-order valence-electron chi connectivity index (χ3n) is 3.66. The van der Waals surface area contributed by atoms with Crippen LogP contribution >= 0.6 is 0 Å². The van der Waals surface area contributed by atoms with Gasteiger partial charge in [-0.1, -0.05) is 60.7 Å². The van der Waals surface area contributed by atoms with Crippen LogP contribution in [-0.4, -0.2) is 26.2 Å². The zero-order chi connectivity index (χ0) is 16.4. The lowest BCUT2D eigenvalue weighted by atomic mass is 10.2. The van der Waals surface area contributed by atoms with Gasteiger partial charge in [-0.05, 0) is 6.92 Å². The number of hydrogen-bond donors (Lipinski definition) is 0. The molecule has 0 unspecified atom stereocenters. The minimum atomic E-state index is 0.552. The minimum absolute atomic E-state index is 0.552. The van der Waals surface area contributed by atoms with Gasteiger partial charge in [-0.2, -0.15) is 9.50 Å². The zero-order valence-electron chi connectivity index (χ0n) is 13.3. The second-order valence-corrected chi connectivity index (χ2v) is 5.29. The van der Waals surface area contributed by atoms with Crippen molar-refractivity contribution in [2.24, 2.45) is 0 Å². The largest absolute Gasteiger partial charge is 0.478 e. The van der Waals surface area contributed by atoms with Gasteiger partial charge >= 0.3 is 0 Å². The second-order valence-electron chi connectivity index (χ2n) is 5.29. The van der Waals surface area contributed by atoms with Crippen LogP contribution in [-0.2, 0) is 0 Å². The first kappa shape index (κ1) is 14.4. The van der Waals surface area contributed by atoms with Crippen LogP contribution in [0.1, 0.15) is 6.92 Å². The lowest BCUT2D eigenvalue weighted by Gasteiger charge is -2.07. The van der Waals surface area contributed by atoms with Crippen molar-refractivity contribution in [3.63, 3.8) is 0 Å². The Hall–Kier alpha value is -3.21. The standard InChI is InChI=1S/C19H16N4O/c1-2-24-17-13-16-20-18(14-9-5-3-6-10-14)22-23(16)19(21-17)15-11-7-4-8-12-15/h3-13H,2H2,1H3. The molecule has 4 rings (SSSR count). The highest BCUT2D eigenvalue weighted by atomic mass is 16.5. The average Bonchev–Trinajstić information content (AvgIpc) is 3.07. The maximum absolute atomic E-state index is 5.60. The van der Waals surface area contributed by atoms with Crippen LogP contribution in [0.5, 0.6) is 5.88 Å². The lowest BCUT2D eigenvalue weighted by molar-refractivity contribution is 0.326. The van der Waals surface area contributed by atoms with Crippen molar-refractivity contribution < 1.29 is 4.74 Å². The van der Waals surface area contributed by atoms with E-state index in [1.54, 1.807) is 4.52 Å². The number of rotatable bonds is 4. The maximum Gasteiger partial charge on any atom is 0.219 e. The van der Waals surface area contributed by atoms with Gasteiger partial charge < -0.3 is 4.74 Å². The summed E-state index contributed by atoms with van der Waals surface area (Å²) in [6.07, 6.45) is 0. The molecule has 0 amide bonds. The molecule has 0 N–H and O–H groups in total. The molecular weight excluding hydrogens is 300 g/mol. The molecule has 5 heteroatoms. The molecule has 4 aromatic rings. The van der Waals surface area contributed by atoms with Crippen LogP contribution in [0.2, 0.25) is 0 Å². The Balaban J connectivity index is 1.94. The molecule has 0 saturated heterocycles. The number of aromatic nitrogens is 4. The number of fused-ring (bicyclic) bond motifs is 1. The molecule has 2 aromatic heterocycles. The highest BCUT2D eigenvalue weighted by Crippen LogP contribution is 2.24. The van der Waals surface area contributed by atoms with Gasteiger partial charge in [-0.25, -0.2) is 4.98 Å². The molecule has 5 nitrogen and oxygen atoms in total. The van der Waals surface area contributed by atoms with E-state index < -0.39 is 0 Å². The van der Waals surface area contributed by atoms with Gasteiger partial charge in [0.05, 0.1) is 6.61 Å². The fraction of sp³-hybridized carbons (Fsp3) is 0.105. The molecule has 0 radical (unpaired) electrons. The Morgan fingerprint density at radius 3 is 2.21 bits per heavy atom. The molecule has 0 aliphatic rings. The minimum Gasteiger partial charge on any atom is -0.478 e. The van der Waals surface area contributed by atoms with Crippen molar-refractivity contribution in [3.05, 3.63) is 66.7 Å². The molecule has 2 aromatic carbocycles. The van der Waals surface area contributed by atoms with Gasteiger partial charge in [-0.3, -0.25) is 0 Å². The van der Waals surface area contributed by atoms with Gasteiger partial charge in [0.1, 0.15) is 0 Å². The lowest BCUT2D eigenvalue weighted by Crippen LogP contribution is -2.02. The fourth-order valence-electron chi connectivity index (χ4n) is 2.57. The Morgan fingerprint density at radius 2 is 1.54 bits per heavy atom. The van der Waals surface area contributed by atoms with Crippen molar-refractivity contribution in [1.29, 1.82) is 0 Å². The van der Waals surface area contributed by atoms with E-state index in [2.05, 4.69) is 15.1 Å². The molecule has 0 aliphatic carbocycles. The average molecular weight is 316 g/mol. The van der Waals surface area contributed by atoms with E-state index in [0.717, 1.165) is 11.1 Å². The predicted octanol–water partition coefficient (Wildman–Crippen LogP) is 3.86. The summed E-state index contributed by atoms with van der Waals surface area (Å²) >= 11 is 0. The van der Waals surface area contributed by atoms with E-state index in [-0.39, 0.29) is 0 Å². The third-order valence-corrected chi connectivity index (χ3v) is 3.66. The molecular formula is C19H16N4O. The van der Waals surface area contributed by atoms with Gasteiger partial charge in [0, 0.05) is 17.2 Å². The van der Waals surface area contributed by atoms with Crippen LogP contribution in [0.25, 0.3) is 28.4 Å². The Bertz CT molecular complexity index is 965. The van der Waals surface area contributed by atoms with Crippen LogP contribution in [0.3, 0.4) is 0 Å². The normalized spacial score (nSPS) is 10.9. The first-order chi connectivity index (χ1) is 11.8. The number of ether oxygens (including phenoxy) is 1. The molecule has 0 fully saturated rings. The van der Waals surface area contributed by atoms with Crippen LogP contribution in [0.4, 0.5) is 0 Å². The summed E-state index contributed by atoms with van der Waals surface area (Å²) in [5.41, 5.74) is 2.65. The van der Waals surface area contributed by atoms with E-state index in [0.29, 0.717) is 29.8 Å². The molecule has 0 saturated carbocycles. The van der Waals surface area contributed by atoms with Crippen molar-refractivity contribution in [1.82, 2.24) is 19.6 Å². The Morgan fingerprint density at radius 1 is 0.875 bits per heavy atom. The van der Waals surface area contributed by atoms with Crippen molar-refractivity contribution >= 4 is 5.65 Å². The molecule has 0 aliphatic heterocycles. The highest BCUT2D eigenvalue weighted by molar-refractivity contribution is 5.64. The predicted molar refractivity (Wildman–Crippen MR) is 92.8 cm³/mol. The second kappa shape index (κ2) is 6.12. The summed E-state index contributed by atoms with van der Waals surface area (Å²) in [5, 5.41) is 4.65. The van der Waals surface area contributed by atoms with Crippen LogP contribution < -0.4 is 4.74 Å². The topological polar surface area (TPSA) is 52.3 Å². The summed E-state index contributed by atoms with van der Waals surface area (Å²) < 4.78 is 7.36. The summed E-state index contributed by atoms with van der Waals surface area (Å²) in [7, 11) is 0. The molecule has 0 spiro atoms. The summed E-state index contributed by atoms with van der Waals surface area (Å²) in [6, 6.07) is 21.7. The fourth-order valence-corrected chi connectivity index (χ4v) is 2.57. The molecule has 0 bridgehead atoms. The van der Waals surface area contributed by atoms with E-state index in [4.69, 9.17) is 4.74 Å². The number of benzene rings is 2. The first-order valence-corrected chi connectivity index (χ1v) is 7.86. The van der Waals surface area contributed by atoms with E-state index in [1.807, 2.05) is 73.7 Å². The van der Waals surface area contributed by atoms with Crippen molar-refractivity contribution in [2.75, 3.05) is 6.61 Å². The van der Waals surface area contributed by atoms with Crippen molar-refractivity contribution in [2.45, 2.75) is 6.92 Å². The SMILES string of the molecule is CCOc1cc2nc(-c3ccccc3)nn2c(-c2ccccc2)n1. The zero-order valence-corrected chi connectivity index (χ0v) is 13.3. The van der Waals surface area contributed by atoms with Gasteiger partial charge in [-0.15, -0.1) is 5.10 Å². The molecule has 2 heterocycles. The quantitative estimate of drug-likeness (QED) is 0.574. The van der Waals surface area contributed by atoms with Crippen LogP contribution in [0.15, 0.2) is 66.7 Å². The van der Waals surface area contributed by atoms with E-state index >= 15 is 0 Å². The summed E-state index contributed by atoms with van der Waals surface area (Å²) in [5.74, 6) is 1.94. The smallest absolute Gasteiger partial charge is 0.219 e. The Kier molecular flexibility index (Phi) is 3.67. The Labute approximate surface area is 139 Å². The van der Waals surface area contributed by atoms with Crippen molar-refractivity contribution in [3.8, 4) is 28.7 Å². The third kappa shape index (κ3) is 2.60. The van der Waals surface area contributed by atoms with Gasteiger partial charge in [0.2, 0.25) is 5.88 Å². The molecule has 24 heavy (non-hydrogen) atoms. The van der Waals surface area contributed by atoms with E-state index in [1.165, 1.54) is 0 Å². The summed E-state index contributed by atoms with van der Waals surface area (Å²) in [4.78, 5) is 9.25. The maximum atomic E-state index is 5.60. The number of nitrogens with zero attached hydrogens (tertiary/aromatic N) is 4. The number of hydrogen-bond acceptors (Lipinski definition) is 4. The first-order valence-electron chi connectivity index (χ1n) is 7.86. The highest BCUT2D eigenvalue weighted by Gasteiger charge is 2.14. The van der Waals surface area contributed by atoms with Gasteiger partial charge in [0.15, 0.2) is 17.3 Å².